The molecule has 0 saturated heterocycles. The molecule has 0 unspecified atom stereocenters. The molecule has 0 aromatic carbocycles. The Kier molecular flexibility index (Phi) is 7.02. The second-order valence-electron chi connectivity index (χ2n) is 7.64. The zero-order chi connectivity index (χ0) is 20.1. The third-order valence-corrected chi connectivity index (χ3v) is 5.11. The van der Waals surface area contributed by atoms with Crippen LogP contribution in [0.15, 0.2) is 11.4 Å². The number of ether oxygens (including phenoxy) is 2. The van der Waals surface area contributed by atoms with Gasteiger partial charge in [-0.05, 0) is 45.1 Å². The first kappa shape index (κ1) is 21.4. The average molecular weight is 404 g/mol. The van der Waals surface area contributed by atoms with E-state index in [1.54, 1.807) is 20.8 Å². The minimum absolute atomic E-state index is 0.0820. The number of carbonyl (C=O) groups excluding carboxylic acids is 2. The monoisotopic (exact) mass is 404 g/mol. The molecule has 6 nitrogen and oxygen atoms in total. The Bertz CT molecular complexity index is 652. The largest absolute Gasteiger partial charge is 0.444 e. The van der Waals surface area contributed by atoms with Gasteiger partial charge in [-0.25, -0.2) is 4.79 Å². The van der Waals surface area contributed by atoms with Crippen LogP contribution in [0, 0.1) is 0 Å². The van der Waals surface area contributed by atoms with Gasteiger partial charge in [0.2, 0.25) is 0 Å². The van der Waals surface area contributed by atoms with Crippen LogP contribution in [-0.4, -0.2) is 36.3 Å². The molecule has 1 fully saturated rings. The Morgan fingerprint density at radius 3 is 2.52 bits per heavy atom. The highest BCUT2D eigenvalue weighted by molar-refractivity contribution is 7.12. The van der Waals surface area contributed by atoms with E-state index in [0.717, 1.165) is 30.6 Å². The molecule has 1 aromatic rings. The third-order valence-electron chi connectivity index (χ3n) is 4.22. The van der Waals surface area contributed by atoms with E-state index in [4.69, 9.17) is 4.74 Å². The van der Waals surface area contributed by atoms with Crippen LogP contribution in [0.25, 0.3) is 0 Å². The fourth-order valence-electron chi connectivity index (χ4n) is 3.08. The molecule has 0 atom stereocenters. The van der Waals surface area contributed by atoms with Crippen LogP contribution in [0.4, 0.5) is 13.6 Å². The summed E-state index contributed by atoms with van der Waals surface area (Å²) in [5.74, 6) is -0.651. The molecule has 152 valence electrons. The number of halogens is 2. The zero-order valence-corrected chi connectivity index (χ0v) is 16.6. The van der Waals surface area contributed by atoms with Crippen LogP contribution in [0.2, 0.25) is 0 Å². The van der Waals surface area contributed by atoms with E-state index < -0.39 is 29.8 Å². The summed E-state index contributed by atoms with van der Waals surface area (Å²) in [6.07, 6.45) is 3.78. The molecule has 1 aromatic heterocycles. The molecule has 0 bridgehead atoms. The van der Waals surface area contributed by atoms with Crippen molar-refractivity contribution in [1.82, 2.24) is 10.6 Å². The molecular formula is C18H26F2N2O4S. The molecule has 0 radical (unpaired) electrons. The standard InChI is InChI=1S/C18H26F2N2O4S/c1-17(2,3)26-16(24)22-18(8-5-4-6-9-18)11-21-14(23)13-12(7-10-27-13)25-15(19)20/h7,10,15H,4-6,8-9,11H2,1-3H3,(H,21,23)(H,22,24). The predicted octanol–water partition coefficient (Wildman–Crippen LogP) is 4.31. The Morgan fingerprint density at radius 2 is 1.93 bits per heavy atom. The number of carbonyl (C=O) groups is 2. The maximum atomic E-state index is 12.4. The molecule has 2 amide bonds. The maximum Gasteiger partial charge on any atom is 0.408 e. The molecule has 1 aliphatic rings. The van der Waals surface area contributed by atoms with Crippen LogP contribution >= 0.6 is 11.3 Å². The van der Waals surface area contributed by atoms with Gasteiger partial charge in [0.25, 0.3) is 5.91 Å². The summed E-state index contributed by atoms with van der Waals surface area (Å²) in [5, 5.41) is 7.18. The van der Waals surface area contributed by atoms with Crippen molar-refractivity contribution in [3.63, 3.8) is 0 Å². The Morgan fingerprint density at radius 1 is 1.26 bits per heavy atom. The summed E-state index contributed by atoms with van der Waals surface area (Å²) >= 11 is 1.02. The van der Waals surface area contributed by atoms with Crippen LogP contribution in [0.3, 0.4) is 0 Å². The van der Waals surface area contributed by atoms with Crippen LogP contribution in [-0.2, 0) is 4.74 Å². The number of thiophene rings is 1. The van der Waals surface area contributed by atoms with Crippen molar-refractivity contribution in [2.45, 2.75) is 70.6 Å². The lowest BCUT2D eigenvalue weighted by molar-refractivity contribution is -0.0498. The van der Waals surface area contributed by atoms with E-state index in [-0.39, 0.29) is 17.2 Å². The molecule has 1 heterocycles. The lowest BCUT2D eigenvalue weighted by Crippen LogP contribution is -2.57. The first-order valence-corrected chi connectivity index (χ1v) is 9.80. The summed E-state index contributed by atoms with van der Waals surface area (Å²) in [7, 11) is 0. The summed E-state index contributed by atoms with van der Waals surface area (Å²) in [4.78, 5) is 24.8. The van der Waals surface area contributed by atoms with Gasteiger partial charge in [0, 0.05) is 6.54 Å². The third kappa shape index (κ3) is 6.64. The Labute approximate surface area is 161 Å². The Hall–Kier alpha value is -1.90. The van der Waals surface area contributed by atoms with Gasteiger partial charge in [0.05, 0.1) is 5.54 Å². The van der Waals surface area contributed by atoms with Crippen LogP contribution in [0.1, 0.15) is 62.5 Å². The number of hydrogen-bond donors (Lipinski definition) is 2. The molecule has 0 aliphatic heterocycles. The molecule has 2 N–H and O–H groups in total. The van der Waals surface area contributed by atoms with E-state index >= 15 is 0 Å². The lowest BCUT2D eigenvalue weighted by Gasteiger charge is -2.38. The van der Waals surface area contributed by atoms with Gasteiger partial charge in [-0.3, -0.25) is 4.79 Å². The number of hydrogen-bond acceptors (Lipinski definition) is 5. The van der Waals surface area contributed by atoms with Crippen molar-refractivity contribution in [3.8, 4) is 5.75 Å². The summed E-state index contributed by atoms with van der Waals surface area (Å²) < 4.78 is 34.6. The van der Waals surface area contributed by atoms with Gasteiger partial charge in [0.1, 0.15) is 16.2 Å². The molecule has 9 heteroatoms. The highest BCUT2D eigenvalue weighted by atomic mass is 32.1. The van der Waals surface area contributed by atoms with Crippen molar-refractivity contribution in [3.05, 3.63) is 16.3 Å². The summed E-state index contributed by atoms with van der Waals surface area (Å²) in [6, 6.07) is 1.33. The van der Waals surface area contributed by atoms with Crippen molar-refractivity contribution >= 4 is 23.3 Å². The second-order valence-corrected chi connectivity index (χ2v) is 8.56. The number of nitrogens with one attached hydrogen (secondary N) is 2. The average Bonchev–Trinajstić information content (AvgIpc) is 2.99. The molecule has 0 spiro atoms. The van der Waals surface area contributed by atoms with Gasteiger partial charge in [-0.2, -0.15) is 8.78 Å². The maximum absolute atomic E-state index is 12.4. The molecule has 2 rings (SSSR count). The van der Waals surface area contributed by atoms with E-state index in [1.807, 2.05) is 0 Å². The lowest BCUT2D eigenvalue weighted by atomic mass is 9.81. The van der Waals surface area contributed by atoms with Crippen molar-refractivity contribution < 1.29 is 27.8 Å². The predicted molar refractivity (Wildman–Crippen MR) is 98.5 cm³/mol. The number of alkyl halides is 2. The van der Waals surface area contributed by atoms with E-state index in [9.17, 15) is 18.4 Å². The van der Waals surface area contributed by atoms with Crippen molar-refractivity contribution in [1.29, 1.82) is 0 Å². The van der Waals surface area contributed by atoms with Crippen molar-refractivity contribution in [2.75, 3.05) is 6.54 Å². The topological polar surface area (TPSA) is 76.7 Å². The molecule has 1 saturated carbocycles. The molecule has 1 aliphatic carbocycles. The van der Waals surface area contributed by atoms with Crippen LogP contribution in [0.5, 0.6) is 5.75 Å². The van der Waals surface area contributed by atoms with Gasteiger partial charge < -0.3 is 20.1 Å². The smallest absolute Gasteiger partial charge is 0.408 e. The SMILES string of the molecule is CC(C)(C)OC(=O)NC1(CNC(=O)c2sccc2OC(F)F)CCCCC1. The first-order chi connectivity index (χ1) is 12.6. The fraction of sp³-hybridized carbons (Fsp3) is 0.667. The highest BCUT2D eigenvalue weighted by Crippen LogP contribution is 2.30. The number of rotatable bonds is 6. The van der Waals surface area contributed by atoms with Gasteiger partial charge in [-0.15, -0.1) is 11.3 Å². The summed E-state index contributed by atoms with van der Waals surface area (Å²) in [6.45, 7) is 2.54. The second kappa shape index (κ2) is 8.86. The van der Waals surface area contributed by atoms with Gasteiger partial charge in [0.15, 0.2) is 0 Å². The highest BCUT2D eigenvalue weighted by Gasteiger charge is 2.36. The first-order valence-electron chi connectivity index (χ1n) is 8.92. The van der Waals surface area contributed by atoms with Gasteiger partial charge >= 0.3 is 12.7 Å². The van der Waals surface area contributed by atoms with Crippen molar-refractivity contribution in [2.24, 2.45) is 0 Å². The zero-order valence-electron chi connectivity index (χ0n) is 15.8. The minimum Gasteiger partial charge on any atom is -0.444 e. The van der Waals surface area contributed by atoms with E-state index in [1.165, 1.54) is 11.4 Å². The number of alkyl carbamates (subject to hydrolysis) is 1. The normalized spacial score (nSPS) is 16.7. The summed E-state index contributed by atoms with van der Waals surface area (Å²) in [5.41, 5.74) is -1.24. The van der Waals surface area contributed by atoms with E-state index in [2.05, 4.69) is 15.4 Å². The van der Waals surface area contributed by atoms with Crippen LogP contribution < -0.4 is 15.4 Å². The quantitative estimate of drug-likeness (QED) is 0.741. The Balaban J connectivity index is 2.03. The van der Waals surface area contributed by atoms with E-state index in [0.29, 0.717) is 12.8 Å². The minimum atomic E-state index is -3.00. The fourth-order valence-corrected chi connectivity index (χ4v) is 3.82. The van der Waals surface area contributed by atoms with Gasteiger partial charge in [-0.1, -0.05) is 19.3 Å². The molecular weight excluding hydrogens is 378 g/mol. The number of amides is 2. The molecule has 27 heavy (non-hydrogen) atoms.